The molecule has 1 N–H and O–H groups in total. The van der Waals surface area contributed by atoms with Crippen molar-refractivity contribution in [2.75, 3.05) is 6.61 Å². The van der Waals surface area contributed by atoms with Crippen LogP contribution in [0.25, 0.3) is 0 Å². The van der Waals surface area contributed by atoms with Gasteiger partial charge in [-0.1, -0.05) is 60.7 Å². The van der Waals surface area contributed by atoms with Gasteiger partial charge in [0.05, 0.1) is 0 Å². The van der Waals surface area contributed by atoms with E-state index in [1.54, 1.807) is 30.0 Å². The van der Waals surface area contributed by atoms with E-state index in [9.17, 15) is 9.59 Å². The highest BCUT2D eigenvalue weighted by Gasteiger charge is 2.28. The molecule has 2 aromatic carbocycles. The monoisotopic (exact) mass is 456 g/mol. The molecule has 2 aromatic rings. The fourth-order valence-corrected chi connectivity index (χ4v) is 4.09. The highest BCUT2D eigenvalue weighted by molar-refractivity contribution is 6.31. The van der Waals surface area contributed by atoms with E-state index in [-0.39, 0.29) is 24.5 Å². The van der Waals surface area contributed by atoms with Crippen LogP contribution in [0.1, 0.15) is 55.7 Å². The Labute approximate surface area is 196 Å². The molecule has 1 aliphatic carbocycles. The number of nitrogens with one attached hydrogen (secondary N) is 1. The topological polar surface area (TPSA) is 58.6 Å². The molecule has 0 saturated heterocycles. The van der Waals surface area contributed by atoms with Gasteiger partial charge in [0, 0.05) is 17.6 Å². The van der Waals surface area contributed by atoms with Gasteiger partial charge in [0.1, 0.15) is 11.8 Å². The third-order valence-electron chi connectivity index (χ3n) is 6.08. The first-order chi connectivity index (χ1) is 15.3. The second-order valence-corrected chi connectivity index (χ2v) is 9.13. The summed E-state index contributed by atoms with van der Waals surface area (Å²) in [6.07, 6.45) is 5.51. The van der Waals surface area contributed by atoms with Crippen molar-refractivity contribution in [3.05, 3.63) is 64.2 Å². The maximum atomic E-state index is 13.2. The van der Waals surface area contributed by atoms with Crippen molar-refractivity contribution in [2.45, 2.75) is 71.5 Å². The number of halogens is 1. The van der Waals surface area contributed by atoms with Crippen LogP contribution in [0.4, 0.5) is 0 Å². The molecule has 1 fully saturated rings. The molecule has 1 atom stereocenters. The maximum Gasteiger partial charge on any atom is 0.261 e. The Kier molecular flexibility index (Phi) is 8.57. The van der Waals surface area contributed by atoms with Gasteiger partial charge >= 0.3 is 0 Å². The fraction of sp³-hybridized carbons (Fsp3) is 0.462. The minimum absolute atomic E-state index is 0.111. The molecule has 0 radical (unpaired) electrons. The van der Waals surface area contributed by atoms with E-state index in [0.717, 1.165) is 42.4 Å². The lowest BCUT2D eigenvalue weighted by Crippen LogP contribution is -2.51. The van der Waals surface area contributed by atoms with Crippen molar-refractivity contribution in [3.8, 4) is 5.75 Å². The Bertz CT molecular complexity index is 923. The molecule has 3 rings (SSSR count). The van der Waals surface area contributed by atoms with Crippen molar-refractivity contribution in [2.24, 2.45) is 0 Å². The maximum absolute atomic E-state index is 13.2. The third kappa shape index (κ3) is 6.73. The van der Waals surface area contributed by atoms with E-state index in [1.165, 1.54) is 6.42 Å². The van der Waals surface area contributed by atoms with Gasteiger partial charge in [0.2, 0.25) is 5.91 Å². The molecule has 1 saturated carbocycles. The molecule has 2 amide bonds. The number of carbonyl (C=O) groups is 2. The molecular formula is C26H33ClN2O3. The van der Waals surface area contributed by atoms with Gasteiger partial charge in [0.25, 0.3) is 5.91 Å². The summed E-state index contributed by atoms with van der Waals surface area (Å²) in [5.41, 5.74) is 3.01. The van der Waals surface area contributed by atoms with Gasteiger partial charge < -0.3 is 15.0 Å². The Morgan fingerprint density at radius 3 is 2.44 bits per heavy atom. The molecule has 0 aromatic heterocycles. The molecule has 172 valence electrons. The zero-order valence-electron chi connectivity index (χ0n) is 19.2. The van der Waals surface area contributed by atoms with Crippen molar-refractivity contribution in [1.82, 2.24) is 10.2 Å². The van der Waals surface area contributed by atoms with Crippen LogP contribution < -0.4 is 10.1 Å². The number of nitrogens with zero attached hydrogens (tertiary/aromatic N) is 1. The first-order valence-electron chi connectivity index (χ1n) is 11.4. The van der Waals surface area contributed by atoms with Crippen molar-refractivity contribution in [1.29, 1.82) is 0 Å². The third-order valence-corrected chi connectivity index (χ3v) is 6.51. The van der Waals surface area contributed by atoms with Crippen LogP contribution in [-0.2, 0) is 16.1 Å². The lowest BCUT2D eigenvalue weighted by atomic mass is 9.95. The second kappa shape index (κ2) is 11.4. The quantitative estimate of drug-likeness (QED) is 0.593. The van der Waals surface area contributed by atoms with Gasteiger partial charge in [-0.25, -0.2) is 0 Å². The van der Waals surface area contributed by atoms with E-state index in [2.05, 4.69) is 5.32 Å². The molecule has 1 aliphatic rings. The Hall–Kier alpha value is -2.53. The lowest BCUT2D eigenvalue weighted by molar-refractivity contribution is -0.142. The predicted octanol–water partition coefficient (Wildman–Crippen LogP) is 5.20. The molecule has 0 aliphatic heterocycles. The van der Waals surface area contributed by atoms with Gasteiger partial charge in [-0.3, -0.25) is 9.59 Å². The highest BCUT2D eigenvalue weighted by Crippen LogP contribution is 2.22. The summed E-state index contributed by atoms with van der Waals surface area (Å²) in [4.78, 5) is 27.8. The minimum Gasteiger partial charge on any atom is -0.484 e. The first-order valence-corrected chi connectivity index (χ1v) is 11.8. The standard InChI is InChI=1S/C26H33ClN2O3/c1-18-9-11-21(12-10-18)16-29(20(3)26(31)28-22-7-5-4-6-8-22)25(30)17-32-23-13-14-24(27)19(2)15-23/h9-15,20,22H,4-8,16-17H2,1-3H3,(H,28,31)/t20-/m1/s1. The SMILES string of the molecule is Cc1ccc(CN(C(=O)COc2ccc(Cl)c(C)c2)[C@H](C)C(=O)NC2CCCCC2)cc1. The van der Waals surface area contributed by atoms with Crippen LogP contribution in [0.3, 0.4) is 0 Å². The summed E-state index contributed by atoms with van der Waals surface area (Å²) in [6.45, 7) is 5.90. The molecule has 5 nitrogen and oxygen atoms in total. The van der Waals surface area contributed by atoms with Crippen LogP contribution in [0.15, 0.2) is 42.5 Å². The largest absolute Gasteiger partial charge is 0.484 e. The summed E-state index contributed by atoms with van der Waals surface area (Å²) in [7, 11) is 0. The fourth-order valence-electron chi connectivity index (χ4n) is 3.98. The van der Waals surface area contributed by atoms with Crippen molar-refractivity contribution >= 4 is 23.4 Å². The molecule has 0 spiro atoms. The lowest BCUT2D eigenvalue weighted by Gasteiger charge is -2.31. The van der Waals surface area contributed by atoms with Crippen molar-refractivity contribution in [3.63, 3.8) is 0 Å². The Morgan fingerprint density at radius 2 is 1.78 bits per heavy atom. The van der Waals surface area contributed by atoms with Crippen LogP contribution in [-0.4, -0.2) is 35.4 Å². The van der Waals surface area contributed by atoms with E-state index in [4.69, 9.17) is 16.3 Å². The minimum atomic E-state index is -0.596. The van der Waals surface area contributed by atoms with Gasteiger partial charge in [-0.2, -0.15) is 0 Å². The van der Waals surface area contributed by atoms with Crippen LogP contribution in [0.2, 0.25) is 5.02 Å². The van der Waals surface area contributed by atoms with Crippen LogP contribution in [0, 0.1) is 13.8 Å². The number of carbonyl (C=O) groups excluding carboxylic acids is 2. The van der Waals surface area contributed by atoms with Gasteiger partial charge in [-0.15, -0.1) is 0 Å². The van der Waals surface area contributed by atoms with Gasteiger partial charge in [0.15, 0.2) is 6.61 Å². The van der Waals surface area contributed by atoms with E-state index in [0.29, 0.717) is 17.3 Å². The molecule has 0 heterocycles. The zero-order chi connectivity index (χ0) is 23.1. The Balaban J connectivity index is 1.70. The number of rotatable bonds is 8. The summed E-state index contributed by atoms with van der Waals surface area (Å²) in [5, 5.41) is 3.80. The summed E-state index contributed by atoms with van der Waals surface area (Å²) >= 11 is 6.08. The first kappa shape index (κ1) is 24.1. The van der Waals surface area contributed by atoms with E-state index >= 15 is 0 Å². The highest BCUT2D eigenvalue weighted by atomic mass is 35.5. The summed E-state index contributed by atoms with van der Waals surface area (Å²) in [6, 6.07) is 12.9. The number of hydrogen-bond donors (Lipinski definition) is 1. The van der Waals surface area contributed by atoms with Crippen molar-refractivity contribution < 1.29 is 14.3 Å². The molecule has 32 heavy (non-hydrogen) atoms. The number of aryl methyl sites for hydroxylation is 2. The van der Waals surface area contributed by atoms with E-state index < -0.39 is 6.04 Å². The number of benzene rings is 2. The Morgan fingerprint density at radius 1 is 1.09 bits per heavy atom. The molecular weight excluding hydrogens is 424 g/mol. The zero-order valence-corrected chi connectivity index (χ0v) is 20.0. The molecule has 6 heteroatoms. The summed E-state index contributed by atoms with van der Waals surface area (Å²) < 4.78 is 5.74. The summed E-state index contributed by atoms with van der Waals surface area (Å²) in [5.74, 6) is 0.235. The number of amides is 2. The average molecular weight is 457 g/mol. The predicted molar refractivity (Wildman–Crippen MR) is 128 cm³/mol. The normalized spacial score (nSPS) is 15.1. The number of ether oxygens (including phenoxy) is 1. The number of hydrogen-bond acceptors (Lipinski definition) is 3. The second-order valence-electron chi connectivity index (χ2n) is 8.73. The smallest absolute Gasteiger partial charge is 0.261 e. The molecule has 0 unspecified atom stereocenters. The van der Waals surface area contributed by atoms with E-state index in [1.807, 2.05) is 38.1 Å². The molecule has 0 bridgehead atoms. The van der Waals surface area contributed by atoms with Gasteiger partial charge in [-0.05, 0) is 62.9 Å². The van der Waals surface area contributed by atoms with Crippen LogP contribution >= 0.6 is 11.6 Å². The average Bonchev–Trinajstić information content (AvgIpc) is 2.79. The van der Waals surface area contributed by atoms with Crippen LogP contribution in [0.5, 0.6) is 5.75 Å².